The van der Waals surface area contributed by atoms with E-state index in [4.69, 9.17) is 5.73 Å². The van der Waals surface area contributed by atoms with Crippen molar-refractivity contribution in [3.8, 4) is 5.75 Å². The van der Waals surface area contributed by atoms with Crippen LogP contribution in [-0.4, -0.2) is 11.0 Å². The number of amides is 1. The third-order valence-corrected chi connectivity index (χ3v) is 3.16. The lowest BCUT2D eigenvalue weighted by molar-refractivity contribution is -0.143. The molecule has 134 valence electrons. The van der Waals surface area contributed by atoms with Crippen LogP contribution in [0.4, 0.5) is 37.7 Å². The molecule has 0 radical (unpaired) electrons. The highest BCUT2D eigenvalue weighted by Gasteiger charge is 2.37. The monoisotopic (exact) mass is 364 g/mol. The van der Waals surface area contributed by atoms with Crippen molar-refractivity contribution in [1.82, 2.24) is 0 Å². The van der Waals surface area contributed by atoms with E-state index in [1.807, 2.05) is 5.32 Å². The molecule has 0 bridgehead atoms. The number of carbonyl (C=O) groups is 1. The predicted molar refractivity (Wildman–Crippen MR) is 76.9 cm³/mol. The van der Waals surface area contributed by atoms with Crippen LogP contribution in [0.5, 0.6) is 5.75 Å². The predicted octanol–water partition coefficient (Wildman–Crippen LogP) is 4.26. The number of halogens is 6. The van der Waals surface area contributed by atoms with E-state index in [9.17, 15) is 36.2 Å². The van der Waals surface area contributed by atoms with E-state index < -0.39 is 46.4 Å². The minimum absolute atomic E-state index is 0.0619. The number of nitrogens with one attached hydrogen (secondary N) is 1. The van der Waals surface area contributed by atoms with Crippen molar-refractivity contribution in [2.45, 2.75) is 12.4 Å². The lowest BCUT2D eigenvalue weighted by Crippen LogP contribution is -2.16. The normalized spacial score (nSPS) is 12.1. The molecule has 0 aliphatic rings. The summed E-state index contributed by atoms with van der Waals surface area (Å²) < 4.78 is 76.7. The van der Waals surface area contributed by atoms with Crippen LogP contribution >= 0.6 is 0 Å². The van der Waals surface area contributed by atoms with Gasteiger partial charge in [-0.25, -0.2) is 0 Å². The van der Waals surface area contributed by atoms with Crippen LogP contribution in [0.25, 0.3) is 0 Å². The summed E-state index contributed by atoms with van der Waals surface area (Å²) in [6, 6.07) is 4.31. The van der Waals surface area contributed by atoms with Gasteiger partial charge in [0.15, 0.2) is 5.75 Å². The first-order valence-electron chi connectivity index (χ1n) is 6.58. The van der Waals surface area contributed by atoms with Crippen LogP contribution in [-0.2, 0) is 12.4 Å². The molecule has 2 rings (SSSR count). The molecule has 0 aliphatic carbocycles. The highest BCUT2D eigenvalue weighted by Crippen LogP contribution is 2.37. The second kappa shape index (κ2) is 6.19. The highest BCUT2D eigenvalue weighted by atomic mass is 19.4. The van der Waals surface area contributed by atoms with Crippen LogP contribution < -0.4 is 11.1 Å². The van der Waals surface area contributed by atoms with Gasteiger partial charge in [-0.15, -0.1) is 0 Å². The van der Waals surface area contributed by atoms with Gasteiger partial charge in [0.05, 0.1) is 22.4 Å². The van der Waals surface area contributed by atoms with Gasteiger partial charge in [-0.2, -0.15) is 26.3 Å². The number of hydrogen-bond acceptors (Lipinski definition) is 3. The zero-order chi connectivity index (χ0) is 19.0. The van der Waals surface area contributed by atoms with E-state index in [-0.39, 0.29) is 11.8 Å². The number of hydrogen-bond donors (Lipinski definition) is 3. The summed E-state index contributed by atoms with van der Waals surface area (Å²) in [5.74, 6) is -1.75. The van der Waals surface area contributed by atoms with Gasteiger partial charge in [0, 0.05) is 5.69 Å². The lowest BCUT2D eigenvalue weighted by Gasteiger charge is -2.15. The van der Waals surface area contributed by atoms with Crippen LogP contribution in [0, 0.1) is 0 Å². The summed E-state index contributed by atoms with van der Waals surface area (Å²) in [6.07, 6.45) is -10.1. The van der Waals surface area contributed by atoms with Crippen LogP contribution in [0.1, 0.15) is 21.5 Å². The molecule has 25 heavy (non-hydrogen) atoms. The number of anilines is 2. The molecular formula is C15H10F6N2O2. The number of benzene rings is 2. The molecule has 4 N–H and O–H groups in total. The zero-order valence-corrected chi connectivity index (χ0v) is 12.2. The quantitative estimate of drug-likeness (QED) is 0.423. The van der Waals surface area contributed by atoms with Crippen molar-refractivity contribution < 1.29 is 36.2 Å². The first kappa shape index (κ1) is 18.4. The maximum absolute atomic E-state index is 12.8. The minimum Gasteiger partial charge on any atom is -0.505 e. The number of nitrogen functional groups attached to an aromatic ring is 1. The Bertz CT molecular complexity index is 782. The molecule has 0 heterocycles. The Morgan fingerprint density at radius 3 is 1.96 bits per heavy atom. The average Bonchev–Trinajstić information content (AvgIpc) is 2.47. The molecular weight excluding hydrogens is 354 g/mol. The number of rotatable bonds is 2. The largest absolute Gasteiger partial charge is 0.505 e. The van der Waals surface area contributed by atoms with E-state index in [0.29, 0.717) is 12.1 Å². The zero-order valence-electron chi connectivity index (χ0n) is 12.2. The average molecular weight is 364 g/mol. The number of phenolic OH excluding ortho intramolecular Hbond substituents is 1. The molecule has 0 aliphatic heterocycles. The Labute approximate surface area is 136 Å². The maximum Gasteiger partial charge on any atom is 0.416 e. The summed E-state index contributed by atoms with van der Waals surface area (Å²) in [5.41, 5.74) is 0.939. The van der Waals surface area contributed by atoms with Gasteiger partial charge in [0.25, 0.3) is 5.91 Å². The number of phenols is 1. The number of para-hydroxylation sites is 1. The maximum atomic E-state index is 12.8. The second-order valence-electron chi connectivity index (χ2n) is 4.99. The summed E-state index contributed by atoms with van der Waals surface area (Å²) in [5, 5.41) is 11.6. The molecule has 2 aromatic rings. The summed E-state index contributed by atoms with van der Waals surface area (Å²) in [7, 11) is 0. The smallest absolute Gasteiger partial charge is 0.416 e. The molecule has 4 nitrogen and oxygen atoms in total. The van der Waals surface area contributed by atoms with E-state index in [0.717, 1.165) is 6.07 Å². The fraction of sp³-hybridized carbons (Fsp3) is 0.133. The van der Waals surface area contributed by atoms with E-state index in [1.54, 1.807) is 0 Å². The van der Waals surface area contributed by atoms with Gasteiger partial charge in [-0.3, -0.25) is 4.79 Å². The molecule has 0 aromatic heterocycles. The van der Waals surface area contributed by atoms with Crippen LogP contribution in [0.3, 0.4) is 0 Å². The minimum atomic E-state index is -5.04. The summed E-state index contributed by atoms with van der Waals surface area (Å²) in [6.45, 7) is 0. The van der Waals surface area contributed by atoms with Crippen LogP contribution in [0.15, 0.2) is 36.4 Å². The molecule has 0 atom stereocenters. The van der Waals surface area contributed by atoms with Gasteiger partial charge in [-0.05, 0) is 30.3 Å². The third kappa shape index (κ3) is 4.14. The summed E-state index contributed by atoms with van der Waals surface area (Å²) in [4.78, 5) is 12.0. The Kier molecular flexibility index (Phi) is 4.56. The Hall–Kier alpha value is -2.91. The molecule has 2 aromatic carbocycles. The Morgan fingerprint density at radius 1 is 0.960 bits per heavy atom. The SMILES string of the molecule is Nc1cccc(C(=O)Nc2cc(C(F)(F)F)cc(C(F)(F)F)c2)c1O. The first-order chi connectivity index (χ1) is 11.4. The number of nitrogens with two attached hydrogens (primary N) is 1. The van der Waals surface area contributed by atoms with Crippen molar-refractivity contribution in [1.29, 1.82) is 0 Å². The van der Waals surface area contributed by atoms with E-state index in [1.165, 1.54) is 12.1 Å². The molecule has 0 saturated carbocycles. The highest BCUT2D eigenvalue weighted by molar-refractivity contribution is 6.07. The van der Waals surface area contributed by atoms with E-state index in [2.05, 4.69) is 0 Å². The summed E-state index contributed by atoms with van der Waals surface area (Å²) >= 11 is 0. The molecule has 0 fully saturated rings. The van der Waals surface area contributed by atoms with Crippen molar-refractivity contribution >= 4 is 17.3 Å². The van der Waals surface area contributed by atoms with Gasteiger partial charge >= 0.3 is 12.4 Å². The van der Waals surface area contributed by atoms with Crippen molar-refractivity contribution in [2.24, 2.45) is 0 Å². The molecule has 0 spiro atoms. The fourth-order valence-electron chi connectivity index (χ4n) is 1.97. The molecule has 0 unspecified atom stereocenters. The lowest BCUT2D eigenvalue weighted by atomic mass is 10.1. The van der Waals surface area contributed by atoms with Gasteiger partial charge in [-0.1, -0.05) is 6.07 Å². The second-order valence-corrected chi connectivity index (χ2v) is 4.99. The fourth-order valence-corrected chi connectivity index (χ4v) is 1.97. The topological polar surface area (TPSA) is 75.4 Å². The standard InChI is InChI=1S/C15H10F6N2O2/c16-14(17,18)7-4-8(15(19,20)21)6-9(5-7)23-13(25)10-2-1-3-11(22)12(10)24/h1-6,24H,22H2,(H,23,25). The Morgan fingerprint density at radius 2 is 1.48 bits per heavy atom. The molecule has 0 saturated heterocycles. The Balaban J connectivity index is 2.45. The van der Waals surface area contributed by atoms with Gasteiger partial charge in [0.2, 0.25) is 0 Å². The van der Waals surface area contributed by atoms with Crippen LogP contribution in [0.2, 0.25) is 0 Å². The van der Waals surface area contributed by atoms with Crippen molar-refractivity contribution in [3.05, 3.63) is 53.1 Å². The number of aromatic hydroxyl groups is 1. The van der Waals surface area contributed by atoms with Gasteiger partial charge < -0.3 is 16.2 Å². The van der Waals surface area contributed by atoms with Crippen molar-refractivity contribution in [2.75, 3.05) is 11.1 Å². The first-order valence-corrected chi connectivity index (χ1v) is 6.58. The van der Waals surface area contributed by atoms with Crippen molar-refractivity contribution in [3.63, 3.8) is 0 Å². The third-order valence-electron chi connectivity index (χ3n) is 3.16. The molecule has 10 heteroatoms. The van der Waals surface area contributed by atoms with E-state index >= 15 is 0 Å². The number of alkyl halides is 6. The number of carbonyl (C=O) groups excluding carboxylic acids is 1. The van der Waals surface area contributed by atoms with Gasteiger partial charge in [0.1, 0.15) is 0 Å². The molecule has 1 amide bonds.